The van der Waals surface area contributed by atoms with E-state index in [1.807, 2.05) is 13.8 Å². The Balaban J connectivity index is 0. The second-order valence-corrected chi connectivity index (χ2v) is 3.23. The SMILES string of the molecule is CC.CCCN(C)C(P)CC. The summed E-state index contributed by atoms with van der Waals surface area (Å²) in [5.74, 6) is 0.671. The topological polar surface area (TPSA) is 3.24 Å². The van der Waals surface area contributed by atoms with Gasteiger partial charge in [-0.3, -0.25) is 0 Å². The monoisotopic (exact) mass is 177 g/mol. The van der Waals surface area contributed by atoms with Crippen molar-refractivity contribution in [3.05, 3.63) is 0 Å². The molecule has 0 saturated carbocycles. The largest absolute Gasteiger partial charge is 0.300 e. The summed E-state index contributed by atoms with van der Waals surface area (Å²) in [6.07, 6.45) is 2.47. The van der Waals surface area contributed by atoms with Gasteiger partial charge in [0.1, 0.15) is 0 Å². The number of hydrogen-bond donors (Lipinski definition) is 0. The summed E-state index contributed by atoms with van der Waals surface area (Å²) in [5.41, 5.74) is 0. The highest BCUT2D eigenvalue weighted by Gasteiger charge is 2.03. The summed E-state index contributed by atoms with van der Waals surface area (Å²) < 4.78 is 0. The van der Waals surface area contributed by atoms with Crippen molar-refractivity contribution in [1.29, 1.82) is 0 Å². The molecular formula is C9H24NP. The molecule has 1 nitrogen and oxygen atoms in total. The Morgan fingerprint density at radius 2 is 1.73 bits per heavy atom. The van der Waals surface area contributed by atoms with Gasteiger partial charge in [-0.15, -0.1) is 9.24 Å². The molecule has 0 fully saturated rings. The van der Waals surface area contributed by atoms with E-state index in [2.05, 4.69) is 35.0 Å². The maximum Gasteiger partial charge on any atom is 0.0233 e. The Hall–Kier alpha value is 0.390. The number of rotatable bonds is 4. The lowest BCUT2D eigenvalue weighted by atomic mass is 10.4. The molecule has 0 aliphatic carbocycles. The van der Waals surface area contributed by atoms with Crippen molar-refractivity contribution < 1.29 is 0 Å². The highest BCUT2D eigenvalue weighted by molar-refractivity contribution is 7.17. The van der Waals surface area contributed by atoms with Crippen LogP contribution in [0.3, 0.4) is 0 Å². The molecule has 0 aliphatic rings. The first-order valence-electron chi connectivity index (χ1n) is 4.68. The van der Waals surface area contributed by atoms with Gasteiger partial charge in [-0.2, -0.15) is 0 Å². The first-order chi connectivity index (χ1) is 5.22. The highest BCUT2D eigenvalue weighted by atomic mass is 31.0. The maximum atomic E-state index is 2.85. The van der Waals surface area contributed by atoms with Crippen LogP contribution in [0.25, 0.3) is 0 Å². The Morgan fingerprint density at radius 3 is 2.00 bits per heavy atom. The summed E-state index contributed by atoms with van der Waals surface area (Å²) in [7, 11) is 5.02. The van der Waals surface area contributed by atoms with Crippen molar-refractivity contribution in [2.24, 2.45) is 0 Å². The third kappa shape index (κ3) is 8.29. The minimum Gasteiger partial charge on any atom is -0.300 e. The van der Waals surface area contributed by atoms with Crippen LogP contribution in [0.5, 0.6) is 0 Å². The summed E-state index contributed by atoms with van der Waals surface area (Å²) in [6.45, 7) is 9.63. The van der Waals surface area contributed by atoms with Crippen molar-refractivity contribution in [3.8, 4) is 0 Å². The second-order valence-electron chi connectivity index (χ2n) is 2.46. The number of nitrogens with zero attached hydrogens (tertiary/aromatic N) is 1. The Labute approximate surface area is 74.8 Å². The van der Waals surface area contributed by atoms with Crippen molar-refractivity contribution in [2.75, 3.05) is 13.6 Å². The first kappa shape index (κ1) is 13.9. The van der Waals surface area contributed by atoms with E-state index in [0.717, 1.165) is 0 Å². The van der Waals surface area contributed by atoms with Crippen molar-refractivity contribution in [1.82, 2.24) is 4.90 Å². The molecule has 0 rings (SSSR count). The van der Waals surface area contributed by atoms with Gasteiger partial charge in [0.25, 0.3) is 0 Å². The molecule has 0 saturated heterocycles. The Kier molecular flexibility index (Phi) is 13.2. The third-order valence-electron chi connectivity index (χ3n) is 1.56. The molecule has 0 N–H and O–H groups in total. The molecular weight excluding hydrogens is 153 g/mol. The van der Waals surface area contributed by atoms with Crippen molar-refractivity contribution in [2.45, 2.75) is 46.3 Å². The van der Waals surface area contributed by atoms with Gasteiger partial charge in [-0.05, 0) is 26.4 Å². The van der Waals surface area contributed by atoms with E-state index in [-0.39, 0.29) is 0 Å². The quantitative estimate of drug-likeness (QED) is 0.597. The van der Waals surface area contributed by atoms with Crippen LogP contribution in [0.2, 0.25) is 0 Å². The summed E-state index contributed by atoms with van der Waals surface area (Å²) >= 11 is 0. The predicted octanol–water partition coefficient (Wildman–Crippen LogP) is 2.97. The first-order valence-corrected chi connectivity index (χ1v) is 5.34. The van der Waals surface area contributed by atoms with E-state index in [1.165, 1.54) is 19.4 Å². The molecule has 70 valence electrons. The summed E-state index contributed by atoms with van der Waals surface area (Å²) in [5, 5.41) is 0. The third-order valence-corrected chi connectivity index (χ3v) is 2.54. The van der Waals surface area contributed by atoms with Gasteiger partial charge in [-0.1, -0.05) is 27.7 Å². The number of hydrogen-bond acceptors (Lipinski definition) is 1. The Bertz CT molecular complexity index is 66.6. The van der Waals surface area contributed by atoms with Gasteiger partial charge in [0, 0.05) is 5.78 Å². The molecule has 2 heteroatoms. The molecule has 0 aromatic carbocycles. The molecule has 0 heterocycles. The minimum atomic E-state index is 0.671. The lowest BCUT2D eigenvalue weighted by molar-refractivity contribution is 0.308. The molecule has 0 aromatic rings. The smallest absolute Gasteiger partial charge is 0.0233 e. The van der Waals surface area contributed by atoms with Crippen LogP contribution < -0.4 is 0 Å². The van der Waals surface area contributed by atoms with Crippen LogP contribution in [-0.4, -0.2) is 24.3 Å². The summed E-state index contributed by atoms with van der Waals surface area (Å²) in [6, 6.07) is 0. The van der Waals surface area contributed by atoms with E-state index in [1.54, 1.807) is 0 Å². The van der Waals surface area contributed by atoms with Crippen LogP contribution in [0.1, 0.15) is 40.5 Å². The zero-order chi connectivity index (χ0) is 9.28. The minimum absolute atomic E-state index is 0.671. The van der Waals surface area contributed by atoms with E-state index >= 15 is 0 Å². The van der Waals surface area contributed by atoms with Crippen molar-refractivity contribution >= 4 is 9.24 Å². The fraction of sp³-hybridized carbons (Fsp3) is 1.00. The van der Waals surface area contributed by atoms with E-state index < -0.39 is 0 Å². The predicted molar refractivity (Wildman–Crippen MR) is 58.1 cm³/mol. The van der Waals surface area contributed by atoms with Gasteiger partial charge in [0.15, 0.2) is 0 Å². The molecule has 2 atom stereocenters. The molecule has 11 heavy (non-hydrogen) atoms. The van der Waals surface area contributed by atoms with Crippen LogP contribution in [-0.2, 0) is 0 Å². The molecule has 0 spiro atoms. The zero-order valence-corrected chi connectivity index (χ0v) is 9.88. The van der Waals surface area contributed by atoms with Gasteiger partial charge >= 0.3 is 0 Å². The maximum absolute atomic E-state index is 2.85. The molecule has 0 bridgehead atoms. The van der Waals surface area contributed by atoms with Crippen LogP contribution >= 0.6 is 9.24 Å². The average Bonchev–Trinajstić information content (AvgIpc) is 2.07. The summed E-state index contributed by atoms with van der Waals surface area (Å²) in [4.78, 5) is 2.37. The van der Waals surface area contributed by atoms with Crippen LogP contribution in [0, 0.1) is 0 Å². The lowest BCUT2D eigenvalue weighted by Crippen LogP contribution is -2.26. The van der Waals surface area contributed by atoms with Crippen molar-refractivity contribution in [3.63, 3.8) is 0 Å². The van der Waals surface area contributed by atoms with Gasteiger partial charge in [-0.25, -0.2) is 0 Å². The fourth-order valence-corrected chi connectivity index (χ4v) is 0.979. The molecule has 0 radical (unpaired) electrons. The van der Waals surface area contributed by atoms with Crippen LogP contribution in [0.4, 0.5) is 0 Å². The zero-order valence-electron chi connectivity index (χ0n) is 8.72. The van der Waals surface area contributed by atoms with E-state index in [0.29, 0.717) is 5.78 Å². The van der Waals surface area contributed by atoms with Gasteiger partial charge in [0.2, 0.25) is 0 Å². The average molecular weight is 177 g/mol. The van der Waals surface area contributed by atoms with E-state index in [9.17, 15) is 0 Å². The molecule has 0 aliphatic heterocycles. The molecule has 0 amide bonds. The molecule has 2 unspecified atom stereocenters. The highest BCUT2D eigenvalue weighted by Crippen LogP contribution is 2.08. The molecule has 0 aromatic heterocycles. The second kappa shape index (κ2) is 10.4. The van der Waals surface area contributed by atoms with Crippen LogP contribution in [0.15, 0.2) is 0 Å². The standard InChI is InChI=1S/C7H18NP.C2H6/c1-4-6-8(3)7(9)5-2;1-2/h7H,4-6,9H2,1-3H3;1-2H3. The normalized spacial score (nSPS) is 12.3. The Morgan fingerprint density at radius 1 is 1.27 bits per heavy atom. The van der Waals surface area contributed by atoms with E-state index in [4.69, 9.17) is 0 Å². The fourth-order valence-electron chi connectivity index (χ4n) is 0.830. The lowest BCUT2D eigenvalue weighted by Gasteiger charge is -2.21. The van der Waals surface area contributed by atoms with Gasteiger partial charge < -0.3 is 4.90 Å². The van der Waals surface area contributed by atoms with Gasteiger partial charge in [0.05, 0.1) is 0 Å².